The van der Waals surface area contributed by atoms with Gasteiger partial charge in [-0.1, -0.05) is 30.3 Å². The summed E-state index contributed by atoms with van der Waals surface area (Å²) >= 11 is 0. The molecule has 0 aliphatic heterocycles. The van der Waals surface area contributed by atoms with E-state index in [4.69, 9.17) is 9.72 Å². The van der Waals surface area contributed by atoms with Crippen molar-refractivity contribution in [2.45, 2.75) is 26.9 Å². The van der Waals surface area contributed by atoms with Crippen LogP contribution in [0.3, 0.4) is 0 Å². The number of carbonyl (C=O) groups is 1. The van der Waals surface area contributed by atoms with E-state index in [1.165, 1.54) is 0 Å². The van der Waals surface area contributed by atoms with Gasteiger partial charge < -0.3 is 10.1 Å². The quantitative estimate of drug-likeness (QED) is 0.367. The van der Waals surface area contributed by atoms with Crippen molar-refractivity contribution in [1.29, 1.82) is 0 Å². The van der Waals surface area contributed by atoms with E-state index in [9.17, 15) is 4.79 Å². The second-order valence-corrected chi connectivity index (χ2v) is 8.26. The average molecular weight is 467 g/mol. The van der Waals surface area contributed by atoms with Gasteiger partial charge in [-0.2, -0.15) is 10.2 Å². The van der Waals surface area contributed by atoms with Crippen molar-refractivity contribution in [3.8, 4) is 17.0 Å². The molecule has 0 saturated carbocycles. The maximum absolute atomic E-state index is 13.4. The number of ether oxygens (including phenoxy) is 1. The first-order valence-corrected chi connectivity index (χ1v) is 11.4. The number of aryl methyl sites for hydroxylation is 1. The van der Waals surface area contributed by atoms with Crippen LogP contribution in [0.25, 0.3) is 22.2 Å². The molecule has 35 heavy (non-hydrogen) atoms. The maximum Gasteiger partial charge on any atom is 0.256 e. The summed E-state index contributed by atoms with van der Waals surface area (Å²) in [6, 6.07) is 17.3. The second-order valence-electron chi connectivity index (χ2n) is 8.26. The highest BCUT2D eigenvalue weighted by atomic mass is 16.5. The van der Waals surface area contributed by atoms with Gasteiger partial charge in [0.25, 0.3) is 5.91 Å². The number of rotatable bonds is 7. The Morgan fingerprint density at radius 2 is 1.91 bits per heavy atom. The minimum absolute atomic E-state index is 0.216. The van der Waals surface area contributed by atoms with Crippen LogP contribution in [0.1, 0.15) is 28.5 Å². The number of anilines is 1. The Balaban J connectivity index is 1.43. The first-order chi connectivity index (χ1) is 17.1. The zero-order valence-corrected chi connectivity index (χ0v) is 19.9. The average Bonchev–Trinajstić information content (AvgIpc) is 3.48. The lowest BCUT2D eigenvalue weighted by molar-refractivity contribution is 0.102. The van der Waals surface area contributed by atoms with E-state index in [2.05, 4.69) is 15.5 Å². The van der Waals surface area contributed by atoms with Crippen LogP contribution >= 0.6 is 0 Å². The number of carbonyl (C=O) groups excluding carboxylic acids is 1. The third kappa shape index (κ3) is 4.50. The molecule has 3 heterocycles. The van der Waals surface area contributed by atoms with Crippen LogP contribution in [0, 0.1) is 6.92 Å². The van der Waals surface area contributed by atoms with E-state index in [1.807, 2.05) is 79.3 Å². The molecule has 1 N–H and O–H groups in total. The van der Waals surface area contributed by atoms with Crippen molar-refractivity contribution >= 4 is 22.5 Å². The number of nitrogens with zero attached hydrogens (tertiary/aromatic N) is 5. The number of hydrogen-bond acceptors (Lipinski definition) is 5. The number of hydrogen-bond donors (Lipinski definition) is 1. The molecule has 0 saturated heterocycles. The predicted octanol–water partition coefficient (Wildman–Crippen LogP) is 4.93. The number of fused-ring (bicyclic) bond motifs is 1. The lowest BCUT2D eigenvalue weighted by Gasteiger charge is -2.10. The zero-order chi connectivity index (χ0) is 24.4. The molecule has 3 aromatic heterocycles. The third-order valence-corrected chi connectivity index (χ3v) is 6.01. The Morgan fingerprint density at radius 3 is 2.71 bits per heavy atom. The monoisotopic (exact) mass is 466 g/mol. The summed E-state index contributed by atoms with van der Waals surface area (Å²) in [5, 5.41) is 12.6. The van der Waals surface area contributed by atoms with Crippen LogP contribution in [-0.4, -0.2) is 37.6 Å². The molecule has 0 unspecified atom stereocenters. The van der Waals surface area contributed by atoms with Gasteiger partial charge in [0.05, 0.1) is 48.5 Å². The standard InChI is InChI=1S/C27H26N6O2/c1-4-33-18(2)24(15-29-33)26-13-23(22-10-5-6-11-25(22)31-26)27(34)30-20-14-28-32(17-20)16-19-8-7-9-21(12-19)35-3/h5-15,17H,4,16H2,1-3H3,(H,30,34). The Bertz CT molecular complexity index is 1520. The maximum atomic E-state index is 13.4. The van der Waals surface area contributed by atoms with Crippen LogP contribution in [0.4, 0.5) is 5.69 Å². The minimum atomic E-state index is -0.216. The molecule has 5 aromatic rings. The first-order valence-electron chi connectivity index (χ1n) is 11.4. The van der Waals surface area contributed by atoms with E-state index in [0.717, 1.165) is 45.7 Å². The van der Waals surface area contributed by atoms with Gasteiger partial charge >= 0.3 is 0 Å². The fraction of sp³-hybridized carbons (Fsp3) is 0.185. The molecule has 0 spiro atoms. The molecule has 0 fully saturated rings. The summed E-state index contributed by atoms with van der Waals surface area (Å²) in [6.45, 7) is 5.40. The summed E-state index contributed by atoms with van der Waals surface area (Å²) in [5.41, 5.74) is 5.63. The molecule has 176 valence electrons. The highest BCUT2D eigenvalue weighted by molar-refractivity contribution is 6.13. The predicted molar refractivity (Wildman–Crippen MR) is 136 cm³/mol. The number of amides is 1. The molecular weight excluding hydrogens is 440 g/mol. The summed E-state index contributed by atoms with van der Waals surface area (Å²) in [5.74, 6) is 0.578. The highest BCUT2D eigenvalue weighted by Gasteiger charge is 2.17. The topological polar surface area (TPSA) is 86.9 Å². The lowest BCUT2D eigenvalue weighted by atomic mass is 10.0. The Morgan fingerprint density at radius 1 is 1.06 bits per heavy atom. The molecule has 0 atom stereocenters. The second kappa shape index (κ2) is 9.42. The van der Waals surface area contributed by atoms with Gasteiger partial charge in [-0.25, -0.2) is 4.98 Å². The normalized spacial score (nSPS) is 11.1. The molecular formula is C27H26N6O2. The number of para-hydroxylation sites is 1. The fourth-order valence-electron chi connectivity index (χ4n) is 4.19. The molecule has 1 amide bonds. The van der Waals surface area contributed by atoms with Crippen LogP contribution in [0.15, 0.2) is 73.2 Å². The van der Waals surface area contributed by atoms with Gasteiger partial charge in [-0.15, -0.1) is 0 Å². The van der Waals surface area contributed by atoms with Crippen molar-refractivity contribution in [1.82, 2.24) is 24.5 Å². The Hall–Kier alpha value is -4.46. The van der Waals surface area contributed by atoms with Crippen molar-refractivity contribution in [2.24, 2.45) is 0 Å². The molecule has 5 rings (SSSR count). The number of benzene rings is 2. The van der Waals surface area contributed by atoms with Gasteiger partial charge in [0.2, 0.25) is 0 Å². The van der Waals surface area contributed by atoms with Gasteiger partial charge in [-0.3, -0.25) is 14.2 Å². The van der Waals surface area contributed by atoms with Crippen molar-refractivity contribution in [3.05, 3.63) is 90.0 Å². The van der Waals surface area contributed by atoms with E-state index in [1.54, 1.807) is 24.2 Å². The number of nitrogens with one attached hydrogen (secondary N) is 1. The number of methoxy groups -OCH3 is 1. The van der Waals surface area contributed by atoms with Gasteiger partial charge in [0.1, 0.15) is 5.75 Å². The van der Waals surface area contributed by atoms with Crippen molar-refractivity contribution < 1.29 is 9.53 Å². The largest absolute Gasteiger partial charge is 0.497 e. The summed E-state index contributed by atoms with van der Waals surface area (Å²) < 4.78 is 8.99. The molecule has 8 nitrogen and oxygen atoms in total. The Kier molecular flexibility index (Phi) is 6.01. The number of pyridine rings is 1. The lowest BCUT2D eigenvalue weighted by Crippen LogP contribution is -2.13. The van der Waals surface area contributed by atoms with Crippen LogP contribution < -0.4 is 10.1 Å². The van der Waals surface area contributed by atoms with Crippen LogP contribution in [0.2, 0.25) is 0 Å². The van der Waals surface area contributed by atoms with Crippen LogP contribution in [0.5, 0.6) is 5.75 Å². The SMILES string of the molecule is CCn1ncc(-c2cc(C(=O)Nc3cnn(Cc4cccc(OC)c4)c3)c3ccccc3n2)c1C. The van der Waals surface area contributed by atoms with Gasteiger partial charge in [0, 0.05) is 29.4 Å². The molecule has 0 aliphatic carbocycles. The zero-order valence-electron chi connectivity index (χ0n) is 19.9. The summed E-state index contributed by atoms with van der Waals surface area (Å²) in [6.07, 6.45) is 5.27. The van der Waals surface area contributed by atoms with E-state index < -0.39 is 0 Å². The molecule has 0 bridgehead atoms. The summed E-state index contributed by atoms with van der Waals surface area (Å²) in [4.78, 5) is 18.2. The molecule has 8 heteroatoms. The highest BCUT2D eigenvalue weighted by Crippen LogP contribution is 2.27. The first kappa shape index (κ1) is 22.3. The van der Waals surface area contributed by atoms with Crippen LogP contribution in [-0.2, 0) is 13.1 Å². The van der Waals surface area contributed by atoms with Crippen molar-refractivity contribution in [2.75, 3.05) is 12.4 Å². The van der Waals surface area contributed by atoms with Crippen molar-refractivity contribution in [3.63, 3.8) is 0 Å². The summed E-state index contributed by atoms with van der Waals surface area (Å²) in [7, 11) is 1.64. The minimum Gasteiger partial charge on any atom is -0.497 e. The van der Waals surface area contributed by atoms with Gasteiger partial charge in [0.15, 0.2) is 0 Å². The van der Waals surface area contributed by atoms with E-state index in [-0.39, 0.29) is 5.91 Å². The molecule has 2 aromatic carbocycles. The molecule has 0 aliphatic rings. The Labute approximate surface area is 203 Å². The van der Waals surface area contributed by atoms with E-state index in [0.29, 0.717) is 17.8 Å². The van der Waals surface area contributed by atoms with E-state index >= 15 is 0 Å². The third-order valence-electron chi connectivity index (χ3n) is 6.01. The molecule has 0 radical (unpaired) electrons. The smallest absolute Gasteiger partial charge is 0.256 e. The van der Waals surface area contributed by atoms with Gasteiger partial charge in [-0.05, 0) is 43.7 Å². The fourth-order valence-corrected chi connectivity index (χ4v) is 4.19. The number of aromatic nitrogens is 5.